The van der Waals surface area contributed by atoms with Gasteiger partial charge < -0.3 is 0 Å². The van der Waals surface area contributed by atoms with Crippen LogP contribution in [0.25, 0.3) is 16.7 Å². The van der Waals surface area contributed by atoms with Gasteiger partial charge in [0.15, 0.2) is 11.2 Å². The molecule has 84 valence electrons. The van der Waals surface area contributed by atoms with Crippen LogP contribution in [0.5, 0.6) is 0 Å². The average molecular weight is 251 g/mol. The molecule has 3 rings (SSSR count). The van der Waals surface area contributed by atoms with Crippen LogP contribution in [-0.2, 0) is 0 Å². The maximum Gasteiger partial charge on any atom is 0.298 e. The van der Waals surface area contributed by atoms with Crippen molar-refractivity contribution in [3.63, 3.8) is 0 Å². The summed E-state index contributed by atoms with van der Waals surface area (Å²) >= 11 is 5.82. The van der Waals surface area contributed by atoms with Gasteiger partial charge in [-0.1, -0.05) is 11.6 Å². The highest BCUT2D eigenvalue weighted by Gasteiger charge is 2.17. The lowest BCUT2D eigenvalue weighted by Crippen LogP contribution is -1.97. The lowest BCUT2D eigenvalue weighted by atomic mass is 10.2. The van der Waals surface area contributed by atoms with Crippen LogP contribution < -0.4 is 0 Å². The number of non-ortho nitro benzene ring substituents is 1. The molecule has 0 amide bonds. The van der Waals surface area contributed by atoms with Crippen molar-refractivity contribution >= 4 is 34.0 Å². The first kappa shape index (κ1) is 9.85. The van der Waals surface area contributed by atoms with E-state index in [-0.39, 0.29) is 16.2 Å². The van der Waals surface area contributed by atoms with Crippen LogP contribution in [0, 0.1) is 10.1 Å². The number of hydrogen-bond donors (Lipinski definition) is 0. The molecule has 0 unspecified atom stereocenters. The highest BCUT2D eigenvalue weighted by molar-refractivity contribution is 6.31. The number of tetrazole rings is 1. The lowest BCUT2D eigenvalue weighted by molar-refractivity contribution is -0.383. The Hall–Kier alpha value is -2.35. The Balaban J connectivity index is 2.56. The number of rotatable bonds is 1. The molecule has 0 saturated heterocycles. The van der Waals surface area contributed by atoms with E-state index in [2.05, 4.69) is 20.5 Å². The van der Waals surface area contributed by atoms with Gasteiger partial charge in [-0.3, -0.25) is 10.1 Å². The van der Waals surface area contributed by atoms with Crippen LogP contribution in [0.1, 0.15) is 0 Å². The summed E-state index contributed by atoms with van der Waals surface area (Å²) in [6.07, 6.45) is 1.36. The molecule has 0 fully saturated rings. The van der Waals surface area contributed by atoms with Gasteiger partial charge in [0.05, 0.1) is 11.1 Å². The number of halogens is 1. The molecule has 17 heavy (non-hydrogen) atoms. The minimum absolute atomic E-state index is 0.176. The van der Waals surface area contributed by atoms with Crippen molar-refractivity contribution in [2.75, 3.05) is 0 Å². The molecule has 1 aromatic carbocycles. The predicted octanol–water partition coefficient (Wildman–Crippen LogP) is 1.23. The SMILES string of the molecule is O=[N+]([O-])c1cc(Cl)cc2c1ncc1nnnn12. The third-order valence-corrected chi connectivity index (χ3v) is 2.48. The molecule has 2 aromatic heterocycles. The fourth-order valence-corrected chi connectivity index (χ4v) is 1.78. The molecule has 0 aliphatic rings. The summed E-state index contributed by atoms with van der Waals surface area (Å²) in [6, 6.07) is 2.77. The Kier molecular flexibility index (Phi) is 1.92. The highest BCUT2D eigenvalue weighted by Crippen LogP contribution is 2.27. The van der Waals surface area contributed by atoms with E-state index in [0.29, 0.717) is 11.2 Å². The molecule has 0 aliphatic carbocycles. The Morgan fingerprint density at radius 3 is 3.00 bits per heavy atom. The third kappa shape index (κ3) is 1.38. The van der Waals surface area contributed by atoms with Crippen LogP contribution in [0.4, 0.5) is 5.69 Å². The largest absolute Gasteiger partial charge is 0.298 e. The Labute approximate surface area is 98.0 Å². The number of nitro groups is 1. The van der Waals surface area contributed by atoms with E-state index in [4.69, 9.17) is 11.6 Å². The molecule has 0 atom stereocenters. The van der Waals surface area contributed by atoms with E-state index < -0.39 is 4.92 Å². The second-order valence-electron chi connectivity index (χ2n) is 3.26. The van der Waals surface area contributed by atoms with E-state index in [0.717, 1.165) is 0 Å². The Bertz CT molecular complexity index is 754. The van der Waals surface area contributed by atoms with Crippen molar-refractivity contribution in [1.82, 2.24) is 25.0 Å². The number of hydrogen-bond acceptors (Lipinski definition) is 6. The summed E-state index contributed by atoms with van der Waals surface area (Å²) < 4.78 is 1.35. The number of benzene rings is 1. The van der Waals surface area contributed by atoms with E-state index in [1.54, 1.807) is 0 Å². The molecule has 3 aromatic rings. The lowest BCUT2D eigenvalue weighted by Gasteiger charge is -2.00. The number of nitro benzene ring substituents is 1. The first-order valence-corrected chi connectivity index (χ1v) is 4.85. The normalized spacial score (nSPS) is 11.1. The van der Waals surface area contributed by atoms with Gasteiger partial charge in [-0.15, -0.1) is 5.10 Å². The fourth-order valence-electron chi connectivity index (χ4n) is 1.57. The van der Waals surface area contributed by atoms with Gasteiger partial charge in [-0.05, 0) is 16.5 Å². The Morgan fingerprint density at radius 1 is 1.41 bits per heavy atom. The molecule has 0 bridgehead atoms. The van der Waals surface area contributed by atoms with Crippen LogP contribution in [-0.4, -0.2) is 29.9 Å². The van der Waals surface area contributed by atoms with Gasteiger partial charge >= 0.3 is 0 Å². The molecule has 2 heterocycles. The molecular formula is C8H3ClN6O2. The summed E-state index contributed by atoms with van der Waals surface area (Å²) in [5.41, 5.74) is 0.810. The van der Waals surface area contributed by atoms with E-state index in [1.165, 1.54) is 22.8 Å². The van der Waals surface area contributed by atoms with Crippen molar-refractivity contribution in [3.8, 4) is 0 Å². The molecule has 8 nitrogen and oxygen atoms in total. The van der Waals surface area contributed by atoms with Gasteiger partial charge in [0.1, 0.15) is 5.52 Å². The fraction of sp³-hybridized carbons (Fsp3) is 0. The molecule has 0 saturated carbocycles. The topological polar surface area (TPSA) is 99.1 Å². The summed E-state index contributed by atoms with van der Waals surface area (Å²) in [5, 5.41) is 22.0. The third-order valence-electron chi connectivity index (χ3n) is 2.26. The minimum atomic E-state index is -0.544. The minimum Gasteiger partial charge on any atom is -0.258 e. The van der Waals surface area contributed by atoms with Gasteiger partial charge in [-0.2, -0.15) is 4.52 Å². The maximum atomic E-state index is 10.9. The van der Waals surface area contributed by atoms with Gasteiger partial charge in [0, 0.05) is 11.1 Å². The van der Waals surface area contributed by atoms with Crippen molar-refractivity contribution in [1.29, 1.82) is 0 Å². The predicted molar refractivity (Wildman–Crippen MR) is 57.7 cm³/mol. The van der Waals surface area contributed by atoms with Crippen LogP contribution in [0.3, 0.4) is 0 Å². The highest BCUT2D eigenvalue weighted by atomic mass is 35.5. The first-order valence-electron chi connectivity index (χ1n) is 4.47. The quantitative estimate of drug-likeness (QED) is 0.476. The van der Waals surface area contributed by atoms with Gasteiger partial charge in [0.25, 0.3) is 5.69 Å². The van der Waals surface area contributed by atoms with E-state index in [9.17, 15) is 10.1 Å². The summed E-state index contributed by atoms with van der Waals surface area (Å²) in [5.74, 6) is 0. The summed E-state index contributed by atoms with van der Waals surface area (Å²) in [6.45, 7) is 0. The van der Waals surface area contributed by atoms with Crippen LogP contribution in [0.15, 0.2) is 18.3 Å². The van der Waals surface area contributed by atoms with Crippen molar-refractivity contribution in [3.05, 3.63) is 33.5 Å². The monoisotopic (exact) mass is 250 g/mol. The number of aromatic nitrogens is 5. The molecule has 0 spiro atoms. The standard InChI is InChI=1S/C8H3ClN6O2/c9-4-1-5-8(6(2-4)15(16)17)10-3-7-11-12-13-14(5)7/h1-3H. The summed E-state index contributed by atoms with van der Waals surface area (Å²) in [4.78, 5) is 14.3. The smallest absolute Gasteiger partial charge is 0.258 e. The van der Waals surface area contributed by atoms with Crippen LogP contribution in [0.2, 0.25) is 5.02 Å². The van der Waals surface area contributed by atoms with Crippen molar-refractivity contribution in [2.24, 2.45) is 0 Å². The second-order valence-corrected chi connectivity index (χ2v) is 3.69. The van der Waals surface area contributed by atoms with Crippen LogP contribution >= 0.6 is 11.6 Å². The zero-order valence-electron chi connectivity index (χ0n) is 8.11. The first-order chi connectivity index (χ1) is 8.16. The summed E-state index contributed by atoms with van der Waals surface area (Å²) in [7, 11) is 0. The second kappa shape index (κ2) is 3.32. The maximum absolute atomic E-state index is 10.9. The Morgan fingerprint density at radius 2 is 2.24 bits per heavy atom. The molecule has 0 aliphatic heterocycles. The van der Waals surface area contributed by atoms with E-state index >= 15 is 0 Å². The van der Waals surface area contributed by atoms with E-state index in [1.807, 2.05) is 0 Å². The molecule has 9 heteroatoms. The van der Waals surface area contributed by atoms with Gasteiger partial charge in [0.2, 0.25) is 0 Å². The number of fused-ring (bicyclic) bond motifs is 3. The zero-order valence-corrected chi connectivity index (χ0v) is 8.87. The molecule has 0 N–H and O–H groups in total. The molecule has 0 radical (unpaired) electrons. The zero-order chi connectivity index (χ0) is 12.0. The molecular weight excluding hydrogens is 248 g/mol. The van der Waals surface area contributed by atoms with Crippen molar-refractivity contribution in [2.45, 2.75) is 0 Å². The average Bonchev–Trinajstić information content (AvgIpc) is 2.76. The number of nitrogens with zero attached hydrogens (tertiary/aromatic N) is 6. The van der Waals surface area contributed by atoms with Gasteiger partial charge in [-0.25, -0.2) is 4.98 Å². The van der Waals surface area contributed by atoms with Crippen molar-refractivity contribution < 1.29 is 4.92 Å².